The Morgan fingerprint density at radius 2 is 0.769 bits per heavy atom. The van der Waals surface area contributed by atoms with Crippen molar-refractivity contribution in [1.29, 1.82) is 0 Å². The number of hydrogen-bond acceptors (Lipinski definition) is 6. The Hall–Kier alpha value is 0.194. The normalized spacial score (nSPS) is 34.8. The van der Waals surface area contributed by atoms with E-state index in [9.17, 15) is 20.4 Å². The maximum atomic E-state index is 10.6. The van der Waals surface area contributed by atoms with Crippen LogP contribution in [-0.4, -0.2) is 73.7 Å². The van der Waals surface area contributed by atoms with Crippen molar-refractivity contribution in [1.82, 2.24) is 0 Å². The topological polar surface area (TPSA) is 99.4 Å². The highest BCUT2D eigenvalue weighted by Crippen LogP contribution is 2.43. The predicted molar refractivity (Wildman–Crippen MR) is 108 cm³/mol. The molecular weight excluding hydrogens is 368 g/mol. The van der Waals surface area contributed by atoms with E-state index in [4.69, 9.17) is 8.85 Å². The van der Waals surface area contributed by atoms with E-state index < -0.39 is 53.3 Å². The van der Waals surface area contributed by atoms with Crippen LogP contribution in [0.15, 0.2) is 0 Å². The van der Waals surface area contributed by atoms with Gasteiger partial charge in [-0.05, 0) is 36.3 Å². The molecular formula is C18H40O6Si2. The van der Waals surface area contributed by atoms with Crippen LogP contribution in [-0.2, 0) is 8.85 Å². The van der Waals surface area contributed by atoms with Crippen molar-refractivity contribution < 1.29 is 29.3 Å². The summed E-state index contributed by atoms with van der Waals surface area (Å²) in [5.41, 5.74) is 0. The molecule has 156 valence electrons. The van der Waals surface area contributed by atoms with E-state index in [0.29, 0.717) is 0 Å². The number of hydrogen-bond donors (Lipinski definition) is 4. The Labute approximate surface area is 160 Å². The van der Waals surface area contributed by atoms with Gasteiger partial charge in [-0.1, -0.05) is 41.5 Å². The molecule has 6 atom stereocenters. The van der Waals surface area contributed by atoms with Crippen molar-refractivity contribution in [2.45, 2.75) is 114 Å². The predicted octanol–water partition coefficient (Wildman–Crippen LogP) is 2.22. The van der Waals surface area contributed by atoms with Gasteiger partial charge in [-0.25, -0.2) is 0 Å². The van der Waals surface area contributed by atoms with Gasteiger partial charge in [0.05, 0.1) is 0 Å². The van der Waals surface area contributed by atoms with Crippen molar-refractivity contribution >= 4 is 16.6 Å². The van der Waals surface area contributed by atoms with Crippen LogP contribution in [0.5, 0.6) is 0 Å². The van der Waals surface area contributed by atoms with E-state index in [0.717, 1.165) is 0 Å². The fourth-order valence-electron chi connectivity index (χ4n) is 2.49. The van der Waals surface area contributed by atoms with Gasteiger partial charge in [0.25, 0.3) is 0 Å². The van der Waals surface area contributed by atoms with Crippen LogP contribution < -0.4 is 0 Å². The summed E-state index contributed by atoms with van der Waals surface area (Å²) in [4.78, 5) is 0. The van der Waals surface area contributed by atoms with Crippen LogP contribution in [0.3, 0.4) is 0 Å². The molecule has 1 rings (SSSR count). The molecule has 0 aromatic rings. The highest BCUT2D eigenvalue weighted by atomic mass is 28.4. The Morgan fingerprint density at radius 3 is 0.962 bits per heavy atom. The van der Waals surface area contributed by atoms with E-state index >= 15 is 0 Å². The van der Waals surface area contributed by atoms with E-state index in [-0.39, 0.29) is 10.1 Å². The van der Waals surface area contributed by atoms with Gasteiger partial charge < -0.3 is 29.3 Å². The van der Waals surface area contributed by atoms with Crippen LogP contribution in [0.2, 0.25) is 36.3 Å². The third kappa shape index (κ3) is 4.78. The van der Waals surface area contributed by atoms with Crippen LogP contribution in [0.1, 0.15) is 41.5 Å². The fraction of sp³-hybridized carbons (Fsp3) is 1.00. The van der Waals surface area contributed by atoms with Crippen molar-refractivity contribution in [2.75, 3.05) is 0 Å². The molecule has 0 unspecified atom stereocenters. The van der Waals surface area contributed by atoms with Gasteiger partial charge in [0.1, 0.15) is 36.6 Å². The van der Waals surface area contributed by atoms with Gasteiger partial charge >= 0.3 is 0 Å². The summed E-state index contributed by atoms with van der Waals surface area (Å²) < 4.78 is 12.7. The Bertz CT molecular complexity index is 439. The molecule has 8 heteroatoms. The molecule has 0 aromatic carbocycles. The largest absolute Gasteiger partial charge is 0.408 e. The van der Waals surface area contributed by atoms with Crippen LogP contribution >= 0.6 is 0 Å². The van der Waals surface area contributed by atoms with Crippen molar-refractivity contribution in [3.63, 3.8) is 0 Å². The summed E-state index contributed by atoms with van der Waals surface area (Å²) >= 11 is 0. The second-order valence-corrected chi connectivity index (χ2v) is 20.2. The molecule has 1 fully saturated rings. The summed E-state index contributed by atoms with van der Waals surface area (Å²) in [7, 11) is -4.61. The standard InChI is InChI=1S/C18H40O6Si2/c1-17(2,3)25(7,8)23-15-13(21)11(19)12(20)14(22)16(15)24-26(9,10)18(4,5)6/h11-16,19-22H,1-10H3/t11-,12-,13-,14+,15-,16-/m0/s1. The van der Waals surface area contributed by atoms with Gasteiger partial charge in [-0.2, -0.15) is 0 Å². The summed E-state index contributed by atoms with van der Waals surface area (Å²) in [6, 6.07) is 0. The molecule has 0 spiro atoms. The summed E-state index contributed by atoms with van der Waals surface area (Å²) in [6.07, 6.45) is -7.37. The van der Waals surface area contributed by atoms with Crippen molar-refractivity contribution in [3.8, 4) is 0 Å². The molecule has 1 aliphatic carbocycles. The third-order valence-corrected chi connectivity index (χ3v) is 15.5. The smallest absolute Gasteiger partial charge is 0.192 e. The number of aliphatic hydroxyl groups is 4. The van der Waals surface area contributed by atoms with E-state index in [1.807, 2.05) is 26.2 Å². The molecule has 0 bridgehead atoms. The fourth-order valence-corrected chi connectivity index (χ4v) is 5.10. The zero-order valence-corrected chi connectivity index (χ0v) is 20.1. The highest BCUT2D eigenvalue weighted by molar-refractivity contribution is 6.74. The minimum atomic E-state index is -2.31. The summed E-state index contributed by atoms with van der Waals surface area (Å²) in [5.74, 6) is 0. The van der Waals surface area contributed by atoms with Gasteiger partial charge in [0.2, 0.25) is 0 Å². The molecule has 0 heterocycles. The van der Waals surface area contributed by atoms with Crippen LogP contribution in [0.25, 0.3) is 0 Å². The summed E-state index contributed by atoms with van der Waals surface area (Å²) in [6.45, 7) is 20.7. The molecule has 26 heavy (non-hydrogen) atoms. The Kier molecular flexibility index (Phi) is 7.04. The zero-order valence-electron chi connectivity index (χ0n) is 18.1. The highest BCUT2D eigenvalue weighted by Gasteiger charge is 2.55. The monoisotopic (exact) mass is 408 g/mol. The Balaban J connectivity index is 3.26. The summed E-state index contributed by atoms with van der Waals surface area (Å²) in [5, 5.41) is 41.4. The first-order valence-corrected chi connectivity index (χ1v) is 15.2. The van der Waals surface area contributed by atoms with E-state index in [1.54, 1.807) is 0 Å². The SMILES string of the molecule is CC(C)(C)[Si](C)(C)O[C@H]1[C@H](O)[C@@H](O)[C@H](O)[C@H](O)[C@@H]1O[Si](C)(C)C(C)(C)C. The first-order valence-electron chi connectivity index (χ1n) is 9.41. The first kappa shape index (κ1) is 24.2. The molecule has 6 nitrogen and oxygen atoms in total. The van der Waals surface area contributed by atoms with E-state index in [1.165, 1.54) is 0 Å². The quantitative estimate of drug-likeness (QED) is 0.532. The molecule has 4 N–H and O–H groups in total. The van der Waals surface area contributed by atoms with Crippen molar-refractivity contribution in [3.05, 3.63) is 0 Å². The lowest BCUT2D eigenvalue weighted by atomic mass is 9.85. The lowest BCUT2D eigenvalue weighted by Gasteiger charge is -2.51. The van der Waals surface area contributed by atoms with Gasteiger partial charge in [0, 0.05) is 0 Å². The molecule has 1 saturated carbocycles. The second-order valence-electron chi connectivity index (χ2n) is 10.6. The Morgan fingerprint density at radius 1 is 0.538 bits per heavy atom. The minimum absolute atomic E-state index is 0.111. The van der Waals surface area contributed by atoms with Gasteiger partial charge in [-0.15, -0.1) is 0 Å². The lowest BCUT2D eigenvalue weighted by molar-refractivity contribution is -0.215. The molecule has 0 radical (unpaired) electrons. The first-order chi connectivity index (χ1) is 11.3. The average molecular weight is 409 g/mol. The second kappa shape index (κ2) is 7.55. The third-order valence-electron chi connectivity index (χ3n) is 6.52. The van der Waals surface area contributed by atoms with Crippen molar-refractivity contribution in [2.24, 2.45) is 0 Å². The lowest BCUT2D eigenvalue weighted by Crippen LogP contribution is -2.69. The average Bonchev–Trinajstić information content (AvgIpc) is 2.44. The molecule has 0 saturated heterocycles. The minimum Gasteiger partial charge on any atom is -0.408 e. The maximum absolute atomic E-state index is 10.6. The number of aliphatic hydroxyl groups excluding tert-OH is 4. The maximum Gasteiger partial charge on any atom is 0.192 e. The molecule has 1 aliphatic rings. The van der Waals surface area contributed by atoms with Gasteiger partial charge in [-0.3, -0.25) is 0 Å². The van der Waals surface area contributed by atoms with Gasteiger partial charge in [0.15, 0.2) is 16.6 Å². The van der Waals surface area contributed by atoms with Crippen LogP contribution in [0.4, 0.5) is 0 Å². The number of rotatable bonds is 4. The van der Waals surface area contributed by atoms with E-state index in [2.05, 4.69) is 41.5 Å². The molecule has 0 aliphatic heterocycles. The van der Waals surface area contributed by atoms with Crippen LogP contribution in [0, 0.1) is 0 Å². The zero-order chi connectivity index (χ0) is 20.9. The molecule has 0 amide bonds. The molecule has 0 aromatic heterocycles.